The highest BCUT2D eigenvalue weighted by Gasteiger charge is 2.06. The first-order valence-electron chi connectivity index (χ1n) is 6.89. The summed E-state index contributed by atoms with van der Waals surface area (Å²) in [6.07, 6.45) is 3.62. The minimum atomic E-state index is -4.27. The predicted molar refractivity (Wildman–Crippen MR) is 82.7 cm³/mol. The Morgan fingerprint density at radius 1 is 1.13 bits per heavy atom. The molecule has 0 aliphatic rings. The molecule has 2 aromatic rings. The maximum atomic E-state index is 11.1. The van der Waals surface area contributed by atoms with E-state index in [0.29, 0.717) is 12.2 Å². The van der Waals surface area contributed by atoms with E-state index in [9.17, 15) is 17.8 Å². The molecule has 0 spiro atoms. The summed E-state index contributed by atoms with van der Waals surface area (Å²) in [6, 6.07) is 9.25. The second kappa shape index (κ2) is 8.40. The zero-order valence-corrected chi connectivity index (χ0v) is 14.0. The van der Waals surface area contributed by atoms with Gasteiger partial charge in [-0.2, -0.15) is 0 Å². The first-order valence-corrected chi connectivity index (χ1v) is 8.30. The fourth-order valence-electron chi connectivity index (χ4n) is 1.56. The van der Waals surface area contributed by atoms with Crippen molar-refractivity contribution >= 4 is 16.1 Å². The van der Waals surface area contributed by atoms with Crippen LogP contribution in [0.2, 0.25) is 0 Å². The zero-order valence-electron chi connectivity index (χ0n) is 13.2. The quantitative estimate of drug-likeness (QED) is 0.482. The average Bonchev–Trinajstić information content (AvgIpc) is 2.48. The topological polar surface area (TPSA) is 87.4 Å². The summed E-state index contributed by atoms with van der Waals surface area (Å²) in [6.45, 7) is 4.03. The number of carbonyl (C=O) groups excluding carboxylic acids is 1. The summed E-state index contributed by atoms with van der Waals surface area (Å²) in [4.78, 5) is 10.9. The fraction of sp³-hybridized carbons (Fsp3) is 0.250. The van der Waals surface area contributed by atoms with Crippen molar-refractivity contribution in [2.75, 3.05) is 6.61 Å². The van der Waals surface area contributed by atoms with Gasteiger partial charge >= 0.3 is 5.97 Å². The number of aryl methyl sites for hydroxylation is 2. The number of esters is 1. The van der Waals surface area contributed by atoms with Crippen molar-refractivity contribution in [3.05, 3.63) is 59.9 Å². The first-order chi connectivity index (χ1) is 10.7. The van der Waals surface area contributed by atoms with E-state index in [1.54, 1.807) is 31.2 Å². The number of pyridine rings is 1. The van der Waals surface area contributed by atoms with E-state index in [0.717, 1.165) is 5.56 Å². The van der Waals surface area contributed by atoms with Gasteiger partial charge in [-0.3, -0.25) is 0 Å². The van der Waals surface area contributed by atoms with E-state index in [2.05, 4.69) is 0 Å². The van der Waals surface area contributed by atoms with Crippen molar-refractivity contribution in [1.82, 2.24) is 0 Å². The lowest BCUT2D eigenvalue weighted by Gasteiger charge is -2.05. The van der Waals surface area contributed by atoms with E-state index in [4.69, 9.17) is 4.74 Å². The van der Waals surface area contributed by atoms with Gasteiger partial charge in [0.05, 0.1) is 17.1 Å². The van der Waals surface area contributed by atoms with Gasteiger partial charge in [-0.1, -0.05) is 17.7 Å². The largest absolute Gasteiger partial charge is 0.744 e. The molecule has 0 saturated heterocycles. The second-order valence-corrected chi connectivity index (χ2v) is 6.12. The molecule has 0 fully saturated rings. The lowest BCUT2D eigenvalue weighted by Crippen LogP contribution is -2.26. The zero-order chi connectivity index (χ0) is 17.5. The molecule has 2 rings (SSSR count). The summed E-state index contributed by atoms with van der Waals surface area (Å²) >= 11 is 0. The Labute approximate surface area is 136 Å². The van der Waals surface area contributed by atoms with E-state index in [1.165, 1.54) is 12.1 Å². The number of benzene rings is 1. The number of hydrogen-bond donors (Lipinski definition) is 0. The minimum Gasteiger partial charge on any atom is -0.744 e. The lowest BCUT2D eigenvalue weighted by molar-refractivity contribution is -0.671. The number of aromatic nitrogens is 1. The Hall–Kier alpha value is -2.25. The van der Waals surface area contributed by atoms with Crippen molar-refractivity contribution in [2.45, 2.75) is 18.7 Å². The van der Waals surface area contributed by atoms with Gasteiger partial charge in [-0.05, 0) is 26.0 Å². The Kier molecular flexibility index (Phi) is 6.87. The molecule has 0 saturated carbocycles. The van der Waals surface area contributed by atoms with E-state index < -0.39 is 10.1 Å². The smallest absolute Gasteiger partial charge is 0.338 e. The third-order valence-electron chi connectivity index (χ3n) is 2.80. The number of hydrogen-bond acceptors (Lipinski definition) is 5. The summed E-state index contributed by atoms with van der Waals surface area (Å²) in [7, 11) is -2.37. The summed E-state index contributed by atoms with van der Waals surface area (Å²) in [5.41, 5.74) is 1.52. The predicted octanol–water partition coefficient (Wildman–Crippen LogP) is 1.59. The van der Waals surface area contributed by atoms with Crippen LogP contribution in [-0.2, 0) is 21.9 Å². The van der Waals surface area contributed by atoms with Gasteiger partial charge in [0, 0.05) is 12.1 Å². The van der Waals surface area contributed by atoms with Gasteiger partial charge in [-0.15, -0.1) is 0 Å². The highest BCUT2D eigenvalue weighted by atomic mass is 32.2. The van der Waals surface area contributed by atoms with E-state index in [1.807, 2.05) is 30.9 Å². The number of rotatable bonds is 3. The first kappa shape index (κ1) is 18.8. The summed E-state index contributed by atoms with van der Waals surface area (Å²) in [5.74, 6) is -0.266. The van der Waals surface area contributed by atoms with Crippen molar-refractivity contribution < 1.29 is 27.1 Å². The van der Waals surface area contributed by atoms with Crippen molar-refractivity contribution in [3.63, 3.8) is 0 Å². The molecule has 0 amide bonds. The molecular formula is C16H19NO5S. The van der Waals surface area contributed by atoms with Crippen molar-refractivity contribution in [1.29, 1.82) is 0 Å². The molecule has 0 aliphatic heterocycles. The van der Waals surface area contributed by atoms with Crippen LogP contribution in [0, 0.1) is 6.92 Å². The van der Waals surface area contributed by atoms with Crippen molar-refractivity contribution in [3.8, 4) is 0 Å². The van der Waals surface area contributed by atoms with Gasteiger partial charge in [0.25, 0.3) is 0 Å². The number of carbonyl (C=O) groups is 1. The molecule has 0 aliphatic carbocycles. The Morgan fingerprint density at radius 3 is 2.09 bits per heavy atom. The standard InChI is InChI=1S/C9H12NO2.C7H8O3S/c1-3-12-9(11)8-4-6-10(2)7-5-8;1-6-2-4-7(5-3-6)11(8,9)10/h4-7H,3H2,1-2H3;2-5H,1H3,(H,8,9,10)/q+1;/p-1. The van der Waals surface area contributed by atoms with Gasteiger partial charge < -0.3 is 9.29 Å². The molecule has 124 valence electrons. The van der Waals surface area contributed by atoms with Crippen LogP contribution in [-0.4, -0.2) is 25.5 Å². The monoisotopic (exact) mass is 337 g/mol. The minimum absolute atomic E-state index is 0.178. The highest BCUT2D eigenvalue weighted by Crippen LogP contribution is 2.08. The lowest BCUT2D eigenvalue weighted by atomic mass is 10.2. The molecule has 7 heteroatoms. The molecular weight excluding hydrogens is 318 g/mol. The molecule has 0 unspecified atom stereocenters. The molecule has 1 heterocycles. The molecule has 0 atom stereocenters. The number of ether oxygens (including phenoxy) is 1. The molecule has 1 aromatic carbocycles. The Bertz CT molecular complexity index is 737. The summed E-state index contributed by atoms with van der Waals surface area (Å²) < 4.78 is 37.8. The number of nitrogens with zero attached hydrogens (tertiary/aromatic N) is 1. The van der Waals surface area contributed by atoms with Crippen LogP contribution in [0.4, 0.5) is 0 Å². The van der Waals surface area contributed by atoms with Crippen LogP contribution < -0.4 is 4.57 Å². The second-order valence-electron chi connectivity index (χ2n) is 4.74. The Balaban J connectivity index is 0.000000231. The third kappa shape index (κ3) is 6.58. The molecule has 23 heavy (non-hydrogen) atoms. The van der Waals surface area contributed by atoms with Crippen LogP contribution in [0.15, 0.2) is 53.7 Å². The maximum absolute atomic E-state index is 11.1. The normalized spacial score (nSPS) is 10.4. The SMILES string of the molecule is CCOC(=O)c1cc[n+](C)cc1.Cc1ccc(S(=O)(=O)[O-])cc1. The van der Waals surface area contributed by atoms with Gasteiger partial charge in [0.15, 0.2) is 12.4 Å². The summed E-state index contributed by atoms with van der Waals surface area (Å²) in [5, 5.41) is 0. The molecule has 1 aromatic heterocycles. The average molecular weight is 337 g/mol. The van der Waals surface area contributed by atoms with Crippen LogP contribution >= 0.6 is 0 Å². The third-order valence-corrected chi connectivity index (χ3v) is 3.65. The van der Waals surface area contributed by atoms with E-state index in [-0.39, 0.29) is 10.9 Å². The highest BCUT2D eigenvalue weighted by molar-refractivity contribution is 7.85. The molecule has 0 bridgehead atoms. The fourth-order valence-corrected chi connectivity index (χ4v) is 2.03. The Morgan fingerprint density at radius 2 is 1.65 bits per heavy atom. The van der Waals surface area contributed by atoms with Crippen LogP contribution in [0.1, 0.15) is 22.8 Å². The van der Waals surface area contributed by atoms with Gasteiger partial charge in [0.1, 0.15) is 17.2 Å². The van der Waals surface area contributed by atoms with Crippen LogP contribution in [0.25, 0.3) is 0 Å². The van der Waals surface area contributed by atoms with Crippen LogP contribution in [0.5, 0.6) is 0 Å². The molecule has 0 N–H and O–H groups in total. The van der Waals surface area contributed by atoms with Crippen LogP contribution in [0.3, 0.4) is 0 Å². The molecule has 6 nitrogen and oxygen atoms in total. The maximum Gasteiger partial charge on any atom is 0.338 e. The van der Waals surface area contributed by atoms with Gasteiger partial charge in [-0.25, -0.2) is 17.8 Å². The van der Waals surface area contributed by atoms with Crippen molar-refractivity contribution in [2.24, 2.45) is 7.05 Å². The van der Waals surface area contributed by atoms with Gasteiger partial charge in [0.2, 0.25) is 0 Å². The molecule has 0 radical (unpaired) electrons. The van der Waals surface area contributed by atoms with E-state index >= 15 is 0 Å².